The van der Waals surface area contributed by atoms with E-state index in [2.05, 4.69) is 16.0 Å². The number of hydrogen-bond acceptors (Lipinski definition) is 3. The molecule has 2 rings (SSSR count). The largest absolute Gasteiger partial charge is 0.352 e. The first-order valence-electron chi connectivity index (χ1n) is 8.17. The number of nitrogens with one attached hydrogen (secondary N) is 3. The zero-order valence-corrected chi connectivity index (χ0v) is 15.3. The zero-order valence-electron chi connectivity index (χ0n) is 14.6. The SMILES string of the molecule is CCCNC(=O)c1ccc(Cl)cc1NC(=O)c1ccc(NC(C)=O)cc1. The maximum atomic E-state index is 12.5. The average Bonchev–Trinajstić information content (AvgIpc) is 2.60. The molecule has 0 aliphatic rings. The Hall–Kier alpha value is -2.86. The van der Waals surface area contributed by atoms with E-state index in [1.165, 1.54) is 13.0 Å². The van der Waals surface area contributed by atoms with E-state index in [1.807, 2.05) is 6.92 Å². The lowest BCUT2D eigenvalue weighted by molar-refractivity contribution is -0.114. The Bertz CT molecular complexity index is 819. The van der Waals surface area contributed by atoms with Crippen molar-refractivity contribution in [3.05, 3.63) is 58.6 Å². The Morgan fingerprint density at radius 3 is 2.27 bits per heavy atom. The quantitative estimate of drug-likeness (QED) is 0.721. The minimum Gasteiger partial charge on any atom is -0.352 e. The van der Waals surface area contributed by atoms with Gasteiger partial charge in [0.2, 0.25) is 5.91 Å². The fourth-order valence-electron chi connectivity index (χ4n) is 2.25. The van der Waals surface area contributed by atoms with E-state index in [1.54, 1.807) is 36.4 Å². The van der Waals surface area contributed by atoms with Gasteiger partial charge < -0.3 is 16.0 Å². The maximum absolute atomic E-state index is 12.5. The molecule has 0 spiro atoms. The van der Waals surface area contributed by atoms with Crippen molar-refractivity contribution in [3.8, 4) is 0 Å². The summed E-state index contributed by atoms with van der Waals surface area (Å²) in [6.07, 6.45) is 0.807. The summed E-state index contributed by atoms with van der Waals surface area (Å²) < 4.78 is 0. The highest BCUT2D eigenvalue weighted by molar-refractivity contribution is 6.31. The molecule has 0 saturated carbocycles. The number of hydrogen-bond donors (Lipinski definition) is 3. The van der Waals surface area contributed by atoms with Crippen LogP contribution in [-0.2, 0) is 4.79 Å². The van der Waals surface area contributed by atoms with Gasteiger partial charge in [-0.05, 0) is 48.9 Å². The molecule has 0 bridgehead atoms. The molecule has 0 aliphatic heterocycles. The molecule has 6 nitrogen and oxygen atoms in total. The van der Waals surface area contributed by atoms with Crippen LogP contribution < -0.4 is 16.0 Å². The van der Waals surface area contributed by atoms with Gasteiger partial charge in [0.1, 0.15) is 0 Å². The highest BCUT2D eigenvalue weighted by Crippen LogP contribution is 2.22. The Balaban J connectivity index is 2.18. The number of rotatable bonds is 6. The molecule has 0 radical (unpaired) electrons. The number of amides is 3. The van der Waals surface area contributed by atoms with Crippen molar-refractivity contribution in [2.24, 2.45) is 0 Å². The van der Waals surface area contributed by atoms with Crippen molar-refractivity contribution >= 4 is 40.7 Å². The molecular formula is C19H20ClN3O3. The summed E-state index contributed by atoms with van der Waals surface area (Å²) in [5, 5.41) is 8.53. The van der Waals surface area contributed by atoms with Gasteiger partial charge in [-0.25, -0.2) is 0 Å². The molecule has 2 aromatic rings. The minimum absolute atomic E-state index is 0.191. The van der Waals surface area contributed by atoms with E-state index in [4.69, 9.17) is 11.6 Å². The number of halogens is 1. The van der Waals surface area contributed by atoms with E-state index in [0.29, 0.717) is 34.1 Å². The van der Waals surface area contributed by atoms with Crippen LogP contribution in [0.1, 0.15) is 41.0 Å². The van der Waals surface area contributed by atoms with Gasteiger partial charge in [0, 0.05) is 29.7 Å². The monoisotopic (exact) mass is 373 g/mol. The molecule has 3 N–H and O–H groups in total. The van der Waals surface area contributed by atoms with E-state index in [0.717, 1.165) is 6.42 Å². The van der Waals surface area contributed by atoms with Crippen LogP contribution in [0.2, 0.25) is 5.02 Å². The van der Waals surface area contributed by atoms with Gasteiger partial charge in [0.15, 0.2) is 0 Å². The van der Waals surface area contributed by atoms with Crippen molar-refractivity contribution in [2.45, 2.75) is 20.3 Å². The third kappa shape index (κ3) is 5.32. The summed E-state index contributed by atoms with van der Waals surface area (Å²) in [5.74, 6) is -0.852. The third-order valence-corrected chi connectivity index (χ3v) is 3.71. The summed E-state index contributed by atoms with van der Waals surface area (Å²) in [6, 6.07) is 11.1. The maximum Gasteiger partial charge on any atom is 0.255 e. The number of benzene rings is 2. The molecule has 0 fully saturated rings. The molecule has 0 atom stereocenters. The van der Waals surface area contributed by atoms with E-state index >= 15 is 0 Å². The van der Waals surface area contributed by atoms with Crippen LogP contribution in [0.25, 0.3) is 0 Å². The van der Waals surface area contributed by atoms with Gasteiger partial charge >= 0.3 is 0 Å². The molecule has 0 heterocycles. The fraction of sp³-hybridized carbons (Fsp3) is 0.211. The summed E-state index contributed by atoms with van der Waals surface area (Å²) >= 11 is 6.00. The molecule has 0 aromatic heterocycles. The van der Waals surface area contributed by atoms with Gasteiger partial charge in [-0.2, -0.15) is 0 Å². The predicted molar refractivity (Wildman–Crippen MR) is 103 cm³/mol. The van der Waals surface area contributed by atoms with Crippen LogP contribution in [-0.4, -0.2) is 24.3 Å². The second-order valence-electron chi connectivity index (χ2n) is 5.66. The number of carbonyl (C=O) groups is 3. The molecule has 7 heteroatoms. The Morgan fingerprint density at radius 1 is 0.962 bits per heavy atom. The topological polar surface area (TPSA) is 87.3 Å². The zero-order chi connectivity index (χ0) is 19.1. The molecule has 0 unspecified atom stereocenters. The van der Waals surface area contributed by atoms with Gasteiger partial charge in [-0.15, -0.1) is 0 Å². The fourth-order valence-corrected chi connectivity index (χ4v) is 2.43. The summed E-state index contributed by atoms with van der Waals surface area (Å²) in [5.41, 5.74) is 1.66. The normalized spacial score (nSPS) is 10.1. The Labute approximate surface area is 156 Å². The van der Waals surface area contributed by atoms with Gasteiger partial charge in [0.25, 0.3) is 11.8 Å². The van der Waals surface area contributed by atoms with E-state index in [9.17, 15) is 14.4 Å². The molecule has 0 saturated heterocycles. The summed E-state index contributed by atoms with van der Waals surface area (Å²) in [4.78, 5) is 35.8. The van der Waals surface area contributed by atoms with Gasteiger partial charge in [-0.1, -0.05) is 18.5 Å². The van der Waals surface area contributed by atoms with Crippen LogP contribution in [0, 0.1) is 0 Å². The second-order valence-corrected chi connectivity index (χ2v) is 6.09. The van der Waals surface area contributed by atoms with Gasteiger partial charge in [-0.3, -0.25) is 14.4 Å². The van der Waals surface area contributed by atoms with Crippen LogP contribution in [0.4, 0.5) is 11.4 Å². The van der Waals surface area contributed by atoms with Crippen molar-refractivity contribution in [1.82, 2.24) is 5.32 Å². The molecule has 136 valence electrons. The molecular weight excluding hydrogens is 354 g/mol. The highest BCUT2D eigenvalue weighted by Gasteiger charge is 2.15. The van der Waals surface area contributed by atoms with E-state index in [-0.39, 0.29) is 17.7 Å². The average molecular weight is 374 g/mol. The molecule has 26 heavy (non-hydrogen) atoms. The lowest BCUT2D eigenvalue weighted by Crippen LogP contribution is -2.25. The second kappa shape index (κ2) is 9.01. The Morgan fingerprint density at radius 2 is 1.65 bits per heavy atom. The van der Waals surface area contributed by atoms with Crippen LogP contribution >= 0.6 is 11.6 Å². The standard InChI is InChI=1S/C19H20ClN3O3/c1-3-10-21-19(26)16-9-6-14(20)11-17(16)23-18(25)13-4-7-15(8-5-13)22-12(2)24/h4-9,11H,3,10H2,1-2H3,(H,21,26)(H,22,24)(H,23,25). The summed E-state index contributed by atoms with van der Waals surface area (Å²) in [7, 11) is 0. The van der Waals surface area contributed by atoms with Crippen LogP contribution in [0.5, 0.6) is 0 Å². The lowest BCUT2D eigenvalue weighted by atomic mass is 10.1. The van der Waals surface area contributed by atoms with Crippen molar-refractivity contribution < 1.29 is 14.4 Å². The highest BCUT2D eigenvalue weighted by atomic mass is 35.5. The third-order valence-electron chi connectivity index (χ3n) is 3.48. The first-order valence-corrected chi connectivity index (χ1v) is 8.55. The summed E-state index contributed by atoms with van der Waals surface area (Å²) in [6.45, 7) is 3.90. The Kier molecular flexibility index (Phi) is 6.74. The molecule has 3 amide bonds. The lowest BCUT2D eigenvalue weighted by Gasteiger charge is -2.12. The molecule has 2 aromatic carbocycles. The predicted octanol–water partition coefficient (Wildman–Crippen LogP) is 3.69. The molecule has 0 aliphatic carbocycles. The van der Waals surface area contributed by atoms with Crippen LogP contribution in [0.15, 0.2) is 42.5 Å². The van der Waals surface area contributed by atoms with E-state index < -0.39 is 0 Å². The smallest absolute Gasteiger partial charge is 0.255 e. The number of anilines is 2. The number of carbonyl (C=O) groups excluding carboxylic acids is 3. The van der Waals surface area contributed by atoms with Crippen molar-refractivity contribution in [1.29, 1.82) is 0 Å². The minimum atomic E-state index is -0.383. The first kappa shape index (κ1) is 19.5. The first-order chi connectivity index (χ1) is 12.4. The van der Waals surface area contributed by atoms with Crippen molar-refractivity contribution in [2.75, 3.05) is 17.2 Å². The van der Waals surface area contributed by atoms with Crippen molar-refractivity contribution in [3.63, 3.8) is 0 Å². The van der Waals surface area contributed by atoms with Crippen LogP contribution in [0.3, 0.4) is 0 Å². The van der Waals surface area contributed by atoms with Gasteiger partial charge in [0.05, 0.1) is 11.3 Å².